The number of rotatable bonds is 4. The Morgan fingerprint density at radius 2 is 2.06 bits per heavy atom. The van der Waals surface area contributed by atoms with E-state index in [1.807, 2.05) is 0 Å². The molecule has 1 aromatic carbocycles. The highest BCUT2D eigenvalue weighted by Crippen LogP contribution is 2.23. The SMILES string of the molecule is CCNCc1cc2cc(Br)ccc2n1CC. The van der Waals surface area contributed by atoms with E-state index in [9.17, 15) is 0 Å². The minimum Gasteiger partial charge on any atom is -0.344 e. The highest BCUT2D eigenvalue weighted by atomic mass is 79.9. The van der Waals surface area contributed by atoms with Gasteiger partial charge in [-0.1, -0.05) is 22.9 Å². The maximum absolute atomic E-state index is 3.52. The summed E-state index contributed by atoms with van der Waals surface area (Å²) < 4.78 is 3.51. The standard InChI is InChI=1S/C13H17BrN2/c1-3-15-9-12-8-10-7-11(14)5-6-13(10)16(12)4-2/h5-8,15H,3-4,9H2,1-2H3. The summed E-state index contributed by atoms with van der Waals surface area (Å²) in [5.74, 6) is 0. The van der Waals surface area contributed by atoms with Gasteiger partial charge < -0.3 is 9.88 Å². The van der Waals surface area contributed by atoms with Crippen molar-refractivity contribution in [2.45, 2.75) is 26.9 Å². The molecule has 2 rings (SSSR count). The van der Waals surface area contributed by atoms with Crippen LogP contribution in [-0.4, -0.2) is 11.1 Å². The van der Waals surface area contributed by atoms with Crippen LogP contribution in [0.4, 0.5) is 0 Å². The lowest BCUT2D eigenvalue weighted by atomic mass is 10.2. The molecule has 1 N–H and O–H groups in total. The summed E-state index contributed by atoms with van der Waals surface area (Å²) in [5.41, 5.74) is 2.68. The van der Waals surface area contributed by atoms with Crippen molar-refractivity contribution in [3.05, 3.63) is 34.4 Å². The van der Waals surface area contributed by atoms with Crippen molar-refractivity contribution in [1.82, 2.24) is 9.88 Å². The fourth-order valence-corrected chi connectivity index (χ4v) is 2.45. The highest BCUT2D eigenvalue weighted by Gasteiger charge is 2.06. The van der Waals surface area contributed by atoms with Gasteiger partial charge in [0.25, 0.3) is 0 Å². The summed E-state index contributed by atoms with van der Waals surface area (Å²) in [4.78, 5) is 0. The Bertz CT molecular complexity index is 488. The van der Waals surface area contributed by atoms with E-state index in [-0.39, 0.29) is 0 Å². The van der Waals surface area contributed by atoms with Gasteiger partial charge in [-0.2, -0.15) is 0 Å². The molecule has 0 bridgehead atoms. The number of halogens is 1. The zero-order valence-corrected chi connectivity index (χ0v) is 11.3. The van der Waals surface area contributed by atoms with Gasteiger partial charge in [-0.15, -0.1) is 0 Å². The van der Waals surface area contributed by atoms with Crippen molar-refractivity contribution in [2.75, 3.05) is 6.54 Å². The Morgan fingerprint density at radius 1 is 1.25 bits per heavy atom. The van der Waals surface area contributed by atoms with Crippen molar-refractivity contribution in [3.63, 3.8) is 0 Å². The molecule has 86 valence electrons. The third-order valence-electron chi connectivity index (χ3n) is 2.82. The van der Waals surface area contributed by atoms with Gasteiger partial charge in [0.15, 0.2) is 0 Å². The fraction of sp³-hybridized carbons (Fsp3) is 0.385. The van der Waals surface area contributed by atoms with Crippen LogP contribution in [0.3, 0.4) is 0 Å². The van der Waals surface area contributed by atoms with Crippen LogP contribution >= 0.6 is 15.9 Å². The second kappa shape index (κ2) is 5.02. The number of fused-ring (bicyclic) bond motifs is 1. The number of hydrogen-bond acceptors (Lipinski definition) is 1. The molecule has 16 heavy (non-hydrogen) atoms. The Labute approximate surface area is 105 Å². The zero-order chi connectivity index (χ0) is 11.5. The minimum absolute atomic E-state index is 0.941. The Morgan fingerprint density at radius 3 is 2.75 bits per heavy atom. The van der Waals surface area contributed by atoms with Crippen LogP contribution in [0.2, 0.25) is 0 Å². The molecule has 0 saturated heterocycles. The second-order valence-electron chi connectivity index (χ2n) is 3.86. The molecular formula is C13H17BrN2. The number of benzene rings is 1. The molecule has 3 heteroatoms. The molecule has 0 aliphatic heterocycles. The van der Waals surface area contributed by atoms with Gasteiger partial charge in [-0.25, -0.2) is 0 Å². The number of nitrogens with one attached hydrogen (secondary N) is 1. The largest absolute Gasteiger partial charge is 0.344 e. The Kier molecular flexibility index (Phi) is 3.66. The summed E-state index contributed by atoms with van der Waals surface area (Å²) in [5, 5.41) is 4.69. The molecule has 0 saturated carbocycles. The van der Waals surface area contributed by atoms with E-state index in [2.05, 4.69) is 63.9 Å². The average molecular weight is 281 g/mol. The lowest BCUT2D eigenvalue weighted by molar-refractivity contribution is 0.656. The van der Waals surface area contributed by atoms with Crippen molar-refractivity contribution >= 4 is 26.8 Å². The first kappa shape index (κ1) is 11.7. The predicted octanol–water partition coefficient (Wildman–Crippen LogP) is 3.53. The number of nitrogens with zero attached hydrogens (tertiary/aromatic N) is 1. The summed E-state index contributed by atoms with van der Waals surface area (Å²) in [7, 11) is 0. The van der Waals surface area contributed by atoms with E-state index >= 15 is 0 Å². The molecule has 0 spiro atoms. The first-order valence-corrected chi connectivity index (χ1v) is 6.54. The van der Waals surface area contributed by atoms with E-state index < -0.39 is 0 Å². The second-order valence-corrected chi connectivity index (χ2v) is 4.78. The van der Waals surface area contributed by atoms with Crippen LogP contribution < -0.4 is 5.32 Å². The smallest absolute Gasteiger partial charge is 0.0483 e. The van der Waals surface area contributed by atoms with E-state index in [1.165, 1.54) is 16.6 Å². The monoisotopic (exact) mass is 280 g/mol. The summed E-state index contributed by atoms with van der Waals surface area (Å²) >= 11 is 3.52. The molecule has 2 aromatic rings. The number of hydrogen-bond donors (Lipinski definition) is 1. The third kappa shape index (κ3) is 2.15. The maximum Gasteiger partial charge on any atom is 0.0483 e. The van der Waals surface area contributed by atoms with Gasteiger partial charge in [-0.3, -0.25) is 0 Å². The van der Waals surface area contributed by atoms with Crippen molar-refractivity contribution in [1.29, 1.82) is 0 Å². The van der Waals surface area contributed by atoms with Gasteiger partial charge in [0.2, 0.25) is 0 Å². The van der Waals surface area contributed by atoms with Crippen molar-refractivity contribution < 1.29 is 0 Å². The van der Waals surface area contributed by atoms with E-state index in [0.29, 0.717) is 0 Å². The lowest BCUT2D eigenvalue weighted by Gasteiger charge is -2.07. The van der Waals surface area contributed by atoms with E-state index in [1.54, 1.807) is 0 Å². The molecule has 1 aromatic heterocycles. The lowest BCUT2D eigenvalue weighted by Crippen LogP contribution is -2.14. The maximum atomic E-state index is 3.52. The summed E-state index contributed by atoms with van der Waals surface area (Å²) in [6.07, 6.45) is 0. The topological polar surface area (TPSA) is 17.0 Å². The molecule has 0 amide bonds. The first-order chi connectivity index (χ1) is 7.76. The van der Waals surface area contributed by atoms with E-state index in [4.69, 9.17) is 0 Å². The molecular weight excluding hydrogens is 264 g/mol. The minimum atomic E-state index is 0.941. The fourth-order valence-electron chi connectivity index (χ4n) is 2.07. The van der Waals surface area contributed by atoms with Crippen LogP contribution in [0.15, 0.2) is 28.7 Å². The van der Waals surface area contributed by atoms with Crippen molar-refractivity contribution in [3.8, 4) is 0 Å². The number of aromatic nitrogens is 1. The Hall–Kier alpha value is -0.800. The van der Waals surface area contributed by atoms with Crippen molar-refractivity contribution in [2.24, 2.45) is 0 Å². The van der Waals surface area contributed by atoms with Gasteiger partial charge in [0, 0.05) is 34.2 Å². The number of aryl methyl sites for hydroxylation is 1. The molecule has 0 atom stereocenters. The van der Waals surface area contributed by atoms with Crippen LogP contribution in [0.5, 0.6) is 0 Å². The zero-order valence-electron chi connectivity index (χ0n) is 9.76. The molecule has 0 radical (unpaired) electrons. The molecule has 0 aliphatic rings. The quantitative estimate of drug-likeness (QED) is 0.907. The highest BCUT2D eigenvalue weighted by molar-refractivity contribution is 9.10. The van der Waals surface area contributed by atoms with Gasteiger partial charge in [0.1, 0.15) is 0 Å². The van der Waals surface area contributed by atoms with E-state index in [0.717, 1.165) is 24.1 Å². The molecule has 0 unspecified atom stereocenters. The molecule has 0 fully saturated rings. The molecule has 0 aliphatic carbocycles. The molecule has 2 nitrogen and oxygen atoms in total. The Balaban J connectivity index is 2.48. The molecule has 1 heterocycles. The average Bonchev–Trinajstić information content (AvgIpc) is 2.62. The van der Waals surface area contributed by atoms with Gasteiger partial charge >= 0.3 is 0 Å². The van der Waals surface area contributed by atoms with Gasteiger partial charge in [0.05, 0.1) is 0 Å². The van der Waals surface area contributed by atoms with Gasteiger partial charge in [-0.05, 0) is 37.7 Å². The van der Waals surface area contributed by atoms with Crippen LogP contribution in [0.1, 0.15) is 19.5 Å². The summed E-state index contributed by atoms with van der Waals surface area (Å²) in [6.45, 7) is 7.30. The predicted molar refractivity (Wildman–Crippen MR) is 72.7 cm³/mol. The summed E-state index contributed by atoms with van der Waals surface area (Å²) in [6, 6.07) is 8.73. The normalized spacial score (nSPS) is 11.2. The third-order valence-corrected chi connectivity index (χ3v) is 3.31. The van der Waals surface area contributed by atoms with Crippen LogP contribution in [-0.2, 0) is 13.1 Å². The first-order valence-electron chi connectivity index (χ1n) is 5.74. The van der Waals surface area contributed by atoms with Crippen LogP contribution in [0.25, 0.3) is 10.9 Å². The van der Waals surface area contributed by atoms with Crippen LogP contribution in [0, 0.1) is 0 Å².